The third kappa shape index (κ3) is 3.43. The zero-order chi connectivity index (χ0) is 19.1. The fourth-order valence-corrected chi connectivity index (χ4v) is 2.69. The molecule has 0 bridgehead atoms. The van der Waals surface area contributed by atoms with Gasteiger partial charge in [-0.2, -0.15) is 17.9 Å². The van der Waals surface area contributed by atoms with Crippen LogP contribution < -0.4 is 0 Å². The molecule has 0 aliphatic heterocycles. The van der Waals surface area contributed by atoms with Crippen molar-refractivity contribution in [2.75, 3.05) is 6.26 Å². The summed E-state index contributed by atoms with van der Waals surface area (Å²) >= 11 is 0. The lowest BCUT2D eigenvalue weighted by molar-refractivity contribution is -0.144. The SMILES string of the molecule is CS(=O)(=O)c1ccc(-n2nc(C(F)(F)F)nc2-c2ccccc2F)nc1. The van der Waals surface area contributed by atoms with Crippen LogP contribution in [0.15, 0.2) is 47.5 Å². The molecule has 3 aromatic rings. The van der Waals surface area contributed by atoms with Gasteiger partial charge in [0.25, 0.3) is 5.82 Å². The Balaban J connectivity index is 2.20. The van der Waals surface area contributed by atoms with Gasteiger partial charge in [0.05, 0.1) is 10.5 Å². The van der Waals surface area contributed by atoms with Crippen molar-refractivity contribution in [3.05, 3.63) is 54.2 Å². The Kier molecular flexibility index (Phi) is 4.26. The Hall–Kier alpha value is -2.82. The standard InChI is InChI=1S/C15H10F4N4O2S/c1-26(24,25)9-6-7-12(20-8-9)23-13(10-4-2-3-5-11(10)16)21-14(22-23)15(17,18)19/h2-8H,1H3. The predicted molar refractivity (Wildman–Crippen MR) is 82.7 cm³/mol. The third-order valence-corrected chi connectivity index (χ3v) is 4.44. The highest BCUT2D eigenvalue weighted by Gasteiger charge is 2.38. The summed E-state index contributed by atoms with van der Waals surface area (Å²) in [6, 6.07) is 7.46. The summed E-state index contributed by atoms with van der Waals surface area (Å²) in [5, 5.41) is 3.36. The number of sulfone groups is 1. The largest absolute Gasteiger partial charge is 0.453 e. The molecule has 0 amide bonds. The van der Waals surface area contributed by atoms with Crippen molar-refractivity contribution in [3.63, 3.8) is 0 Å². The van der Waals surface area contributed by atoms with Crippen molar-refractivity contribution >= 4 is 9.84 Å². The van der Waals surface area contributed by atoms with E-state index in [9.17, 15) is 26.0 Å². The van der Waals surface area contributed by atoms with Crippen LogP contribution in [0.25, 0.3) is 17.2 Å². The Morgan fingerprint density at radius 3 is 2.31 bits per heavy atom. The molecule has 0 fully saturated rings. The van der Waals surface area contributed by atoms with Crippen LogP contribution in [0.5, 0.6) is 0 Å². The number of benzene rings is 1. The van der Waals surface area contributed by atoms with E-state index in [1.807, 2.05) is 0 Å². The van der Waals surface area contributed by atoms with Crippen molar-refractivity contribution < 1.29 is 26.0 Å². The summed E-state index contributed by atoms with van der Waals surface area (Å²) in [5.74, 6) is -2.80. The summed E-state index contributed by atoms with van der Waals surface area (Å²) in [4.78, 5) is 7.09. The first-order valence-corrected chi connectivity index (χ1v) is 8.92. The molecule has 0 spiro atoms. The van der Waals surface area contributed by atoms with Gasteiger partial charge in [-0.3, -0.25) is 0 Å². The first-order chi connectivity index (χ1) is 12.1. The second-order valence-corrected chi connectivity index (χ2v) is 7.29. The number of pyridine rings is 1. The predicted octanol–water partition coefficient (Wildman–Crippen LogP) is 2.89. The molecule has 2 heterocycles. The molecule has 0 aliphatic carbocycles. The molecular formula is C15H10F4N4O2S. The van der Waals surface area contributed by atoms with Crippen LogP contribution in [0.2, 0.25) is 0 Å². The number of aromatic nitrogens is 4. The van der Waals surface area contributed by atoms with Gasteiger partial charge in [-0.1, -0.05) is 12.1 Å². The maximum absolute atomic E-state index is 14.0. The third-order valence-electron chi connectivity index (χ3n) is 3.34. The molecule has 1 aromatic carbocycles. The van der Waals surface area contributed by atoms with E-state index >= 15 is 0 Å². The normalized spacial score (nSPS) is 12.3. The van der Waals surface area contributed by atoms with Crippen LogP contribution in [0.1, 0.15) is 5.82 Å². The first kappa shape index (κ1) is 18.0. The molecule has 26 heavy (non-hydrogen) atoms. The molecule has 0 radical (unpaired) electrons. The average molecular weight is 386 g/mol. The molecule has 6 nitrogen and oxygen atoms in total. The maximum Gasteiger partial charge on any atom is 0.453 e. The van der Waals surface area contributed by atoms with Gasteiger partial charge in [0, 0.05) is 12.5 Å². The fraction of sp³-hybridized carbons (Fsp3) is 0.133. The van der Waals surface area contributed by atoms with Gasteiger partial charge in [-0.15, -0.1) is 5.10 Å². The number of hydrogen-bond donors (Lipinski definition) is 0. The molecule has 2 aromatic heterocycles. The van der Waals surface area contributed by atoms with Gasteiger partial charge in [-0.05, 0) is 24.3 Å². The smallest absolute Gasteiger partial charge is 0.236 e. The van der Waals surface area contributed by atoms with Crippen LogP contribution in [-0.2, 0) is 16.0 Å². The summed E-state index contributed by atoms with van der Waals surface area (Å²) in [5.41, 5.74) is -0.204. The van der Waals surface area contributed by atoms with Gasteiger partial charge < -0.3 is 0 Å². The van der Waals surface area contributed by atoms with Gasteiger partial charge in [-0.25, -0.2) is 22.8 Å². The van der Waals surface area contributed by atoms with E-state index < -0.39 is 33.5 Å². The molecule has 11 heteroatoms. The second-order valence-electron chi connectivity index (χ2n) is 5.27. The topological polar surface area (TPSA) is 77.7 Å². The number of alkyl halides is 3. The van der Waals surface area contributed by atoms with Gasteiger partial charge in [0.2, 0.25) is 0 Å². The lowest BCUT2D eigenvalue weighted by atomic mass is 10.2. The second kappa shape index (κ2) is 6.16. The monoisotopic (exact) mass is 386 g/mol. The lowest BCUT2D eigenvalue weighted by Gasteiger charge is -2.06. The van der Waals surface area contributed by atoms with E-state index in [4.69, 9.17) is 0 Å². The van der Waals surface area contributed by atoms with Crippen LogP contribution in [0, 0.1) is 5.82 Å². The highest BCUT2D eigenvalue weighted by molar-refractivity contribution is 7.90. The minimum atomic E-state index is -4.85. The average Bonchev–Trinajstić information content (AvgIpc) is 3.00. The fourth-order valence-electron chi connectivity index (χ4n) is 2.13. The van der Waals surface area contributed by atoms with E-state index in [1.54, 1.807) is 0 Å². The molecule has 0 saturated carbocycles. The Bertz CT molecular complexity index is 1060. The zero-order valence-corrected chi connectivity index (χ0v) is 13.9. The van der Waals surface area contributed by atoms with Crippen molar-refractivity contribution in [1.82, 2.24) is 19.7 Å². The lowest BCUT2D eigenvalue weighted by Crippen LogP contribution is -2.09. The minimum Gasteiger partial charge on any atom is -0.236 e. The zero-order valence-electron chi connectivity index (χ0n) is 13.1. The van der Waals surface area contributed by atoms with Crippen molar-refractivity contribution in [2.24, 2.45) is 0 Å². The van der Waals surface area contributed by atoms with E-state index in [0.29, 0.717) is 4.68 Å². The van der Waals surface area contributed by atoms with Gasteiger partial charge >= 0.3 is 6.18 Å². The van der Waals surface area contributed by atoms with E-state index in [2.05, 4.69) is 15.1 Å². The van der Waals surface area contributed by atoms with Gasteiger partial charge in [0.15, 0.2) is 21.5 Å². The van der Waals surface area contributed by atoms with Gasteiger partial charge in [0.1, 0.15) is 5.82 Å². The summed E-state index contributed by atoms with van der Waals surface area (Å²) in [6.45, 7) is 0. The highest BCUT2D eigenvalue weighted by Crippen LogP contribution is 2.31. The van der Waals surface area contributed by atoms with Crippen molar-refractivity contribution in [1.29, 1.82) is 0 Å². The number of hydrogen-bond acceptors (Lipinski definition) is 5. The Labute approximate surface area is 145 Å². The van der Waals surface area contributed by atoms with Crippen LogP contribution in [-0.4, -0.2) is 34.4 Å². The molecule has 0 unspecified atom stereocenters. The van der Waals surface area contributed by atoms with E-state index in [1.165, 1.54) is 18.2 Å². The maximum atomic E-state index is 14.0. The molecular weight excluding hydrogens is 376 g/mol. The molecule has 3 rings (SSSR count). The summed E-state index contributed by atoms with van der Waals surface area (Å²) in [6.07, 6.45) is -2.91. The Morgan fingerprint density at radius 1 is 1.08 bits per heavy atom. The quantitative estimate of drug-likeness (QED) is 0.647. The Morgan fingerprint density at radius 2 is 1.77 bits per heavy atom. The first-order valence-electron chi connectivity index (χ1n) is 7.03. The van der Waals surface area contributed by atoms with Crippen molar-refractivity contribution in [3.8, 4) is 17.2 Å². The van der Waals surface area contributed by atoms with Crippen LogP contribution >= 0.6 is 0 Å². The van der Waals surface area contributed by atoms with E-state index in [0.717, 1.165) is 30.7 Å². The molecule has 0 aliphatic rings. The van der Waals surface area contributed by atoms with Crippen molar-refractivity contribution in [2.45, 2.75) is 11.1 Å². The molecule has 0 saturated heterocycles. The summed E-state index contributed by atoms with van der Waals surface area (Å²) in [7, 11) is -3.54. The minimum absolute atomic E-state index is 0.121. The van der Waals surface area contributed by atoms with Crippen LogP contribution in [0.3, 0.4) is 0 Å². The van der Waals surface area contributed by atoms with E-state index in [-0.39, 0.29) is 16.3 Å². The molecule has 136 valence electrons. The number of halogens is 4. The number of nitrogens with zero attached hydrogens (tertiary/aromatic N) is 4. The molecule has 0 N–H and O–H groups in total. The molecule has 0 atom stereocenters. The number of rotatable bonds is 3. The highest BCUT2D eigenvalue weighted by atomic mass is 32.2. The summed E-state index contributed by atoms with van der Waals surface area (Å²) < 4.78 is 76.7. The van der Waals surface area contributed by atoms with Crippen LogP contribution in [0.4, 0.5) is 17.6 Å².